The number of unbranched alkanes of at least 4 members (excludes halogenated alkanes) is 3. The minimum atomic E-state index is 0.250. The summed E-state index contributed by atoms with van der Waals surface area (Å²) in [5.74, 6) is 0. The minimum absolute atomic E-state index is 0.250. The van der Waals surface area contributed by atoms with Gasteiger partial charge in [-0.15, -0.1) is 0 Å². The molecule has 1 atom stereocenters. The largest absolute Gasteiger partial charge is 0.396 e. The average molecular weight is 202 g/mol. The van der Waals surface area contributed by atoms with Gasteiger partial charge in [-0.2, -0.15) is 0 Å². The number of ether oxygens (including phenoxy) is 1. The van der Waals surface area contributed by atoms with Crippen LogP contribution in [0, 0.1) is 0 Å². The maximum Gasteiger partial charge on any atom is 0.0596 e. The fourth-order valence-corrected chi connectivity index (χ4v) is 1.56. The fraction of sp³-hybridized carbons (Fsp3) is 1.00. The van der Waals surface area contributed by atoms with Crippen LogP contribution in [0.1, 0.15) is 58.8 Å². The van der Waals surface area contributed by atoms with E-state index in [0.717, 1.165) is 25.9 Å². The van der Waals surface area contributed by atoms with Crippen LogP contribution in [-0.2, 0) is 4.74 Å². The van der Waals surface area contributed by atoms with Crippen LogP contribution in [-0.4, -0.2) is 24.4 Å². The molecule has 0 aromatic carbocycles. The Morgan fingerprint density at radius 3 is 2.36 bits per heavy atom. The molecule has 0 amide bonds. The van der Waals surface area contributed by atoms with Gasteiger partial charge in [0.2, 0.25) is 0 Å². The first-order valence-electron chi connectivity index (χ1n) is 6.07. The molecule has 0 saturated heterocycles. The Balaban J connectivity index is 3.30. The normalized spacial score (nSPS) is 13.1. The second kappa shape index (κ2) is 11.0. The monoisotopic (exact) mass is 202 g/mol. The van der Waals surface area contributed by atoms with E-state index in [2.05, 4.69) is 13.8 Å². The summed E-state index contributed by atoms with van der Waals surface area (Å²) in [6, 6.07) is 0. The quantitative estimate of drug-likeness (QED) is 0.551. The molecule has 0 aliphatic carbocycles. The zero-order chi connectivity index (χ0) is 10.6. The van der Waals surface area contributed by atoms with E-state index in [1.807, 2.05) is 0 Å². The maximum absolute atomic E-state index is 8.82. The summed E-state index contributed by atoms with van der Waals surface area (Å²) in [6.07, 6.45) is 8.31. The minimum Gasteiger partial charge on any atom is -0.396 e. The summed E-state index contributed by atoms with van der Waals surface area (Å²) in [5.41, 5.74) is 0. The summed E-state index contributed by atoms with van der Waals surface area (Å²) in [6.45, 7) is 5.49. The van der Waals surface area contributed by atoms with Crippen LogP contribution in [0.5, 0.6) is 0 Å². The highest BCUT2D eigenvalue weighted by atomic mass is 16.5. The Morgan fingerprint density at radius 1 is 1.00 bits per heavy atom. The predicted molar refractivity (Wildman–Crippen MR) is 60.5 cm³/mol. The van der Waals surface area contributed by atoms with Crippen molar-refractivity contribution >= 4 is 0 Å². The third kappa shape index (κ3) is 8.52. The van der Waals surface area contributed by atoms with Gasteiger partial charge in [0.15, 0.2) is 0 Å². The highest BCUT2D eigenvalue weighted by Gasteiger charge is 2.06. The number of rotatable bonds is 10. The van der Waals surface area contributed by atoms with E-state index in [4.69, 9.17) is 9.84 Å². The molecule has 14 heavy (non-hydrogen) atoms. The molecule has 0 radical (unpaired) electrons. The molecular weight excluding hydrogens is 176 g/mol. The Morgan fingerprint density at radius 2 is 1.79 bits per heavy atom. The van der Waals surface area contributed by atoms with Gasteiger partial charge in [-0.1, -0.05) is 39.5 Å². The smallest absolute Gasteiger partial charge is 0.0596 e. The van der Waals surface area contributed by atoms with Gasteiger partial charge in [0.05, 0.1) is 6.10 Å². The van der Waals surface area contributed by atoms with Crippen LogP contribution in [0.25, 0.3) is 0 Å². The lowest BCUT2D eigenvalue weighted by molar-refractivity contribution is 0.0278. The molecule has 86 valence electrons. The van der Waals surface area contributed by atoms with Crippen molar-refractivity contribution in [3.63, 3.8) is 0 Å². The molecule has 0 fully saturated rings. The second-order valence-corrected chi connectivity index (χ2v) is 3.85. The van der Waals surface area contributed by atoms with Gasteiger partial charge in [-0.3, -0.25) is 0 Å². The van der Waals surface area contributed by atoms with Gasteiger partial charge in [-0.05, 0) is 19.3 Å². The molecular formula is C12H26O2. The molecule has 2 nitrogen and oxygen atoms in total. The Hall–Kier alpha value is -0.0800. The lowest BCUT2D eigenvalue weighted by Crippen LogP contribution is -2.15. The molecule has 2 heteroatoms. The van der Waals surface area contributed by atoms with Crippen molar-refractivity contribution in [3.05, 3.63) is 0 Å². The summed E-state index contributed by atoms with van der Waals surface area (Å²) < 4.78 is 5.71. The molecule has 0 saturated carbocycles. The molecule has 0 spiro atoms. The molecule has 1 unspecified atom stereocenters. The van der Waals surface area contributed by atoms with Crippen LogP contribution < -0.4 is 0 Å². The van der Waals surface area contributed by atoms with Gasteiger partial charge < -0.3 is 9.84 Å². The summed E-state index contributed by atoms with van der Waals surface area (Å²) >= 11 is 0. The summed E-state index contributed by atoms with van der Waals surface area (Å²) in [4.78, 5) is 0. The zero-order valence-corrected chi connectivity index (χ0v) is 9.80. The summed E-state index contributed by atoms with van der Waals surface area (Å²) in [7, 11) is 0. The van der Waals surface area contributed by atoms with Crippen molar-refractivity contribution in [3.8, 4) is 0 Å². The highest BCUT2D eigenvalue weighted by Crippen LogP contribution is 2.08. The zero-order valence-electron chi connectivity index (χ0n) is 9.80. The van der Waals surface area contributed by atoms with Crippen molar-refractivity contribution in [1.82, 2.24) is 0 Å². The third-order valence-corrected chi connectivity index (χ3v) is 2.41. The van der Waals surface area contributed by atoms with E-state index < -0.39 is 0 Å². The Labute approximate surface area is 88.7 Å². The second-order valence-electron chi connectivity index (χ2n) is 3.85. The SMILES string of the molecule is CCCCCCOC(CCC)CCO. The Bertz CT molecular complexity index is 98.5. The molecule has 0 rings (SSSR count). The molecule has 1 N–H and O–H groups in total. The van der Waals surface area contributed by atoms with E-state index in [0.29, 0.717) is 0 Å². The van der Waals surface area contributed by atoms with E-state index in [9.17, 15) is 0 Å². The molecule has 0 aliphatic rings. The van der Waals surface area contributed by atoms with Crippen molar-refractivity contribution in [2.24, 2.45) is 0 Å². The molecule has 0 aliphatic heterocycles. The standard InChI is InChI=1S/C12H26O2/c1-3-5-6-7-11-14-12(8-4-2)9-10-13/h12-13H,3-11H2,1-2H3. The van der Waals surface area contributed by atoms with E-state index >= 15 is 0 Å². The molecule has 0 heterocycles. The van der Waals surface area contributed by atoms with Gasteiger partial charge in [0.1, 0.15) is 0 Å². The van der Waals surface area contributed by atoms with Gasteiger partial charge in [0.25, 0.3) is 0 Å². The average Bonchev–Trinajstić information content (AvgIpc) is 2.18. The first kappa shape index (κ1) is 13.9. The van der Waals surface area contributed by atoms with Crippen LogP contribution in [0.2, 0.25) is 0 Å². The third-order valence-electron chi connectivity index (χ3n) is 2.41. The lowest BCUT2D eigenvalue weighted by atomic mass is 10.1. The summed E-state index contributed by atoms with van der Waals surface area (Å²) in [5, 5.41) is 8.82. The predicted octanol–water partition coefficient (Wildman–Crippen LogP) is 3.13. The van der Waals surface area contributed by atoms with Crippen LogP contribution in [0.15, 0.2) is 0 Å². The number of hydrogen-bond donors (Lipinski definition) is 1. The van der Waals surface area contributed by atoms with Crippen molar-refractivity contribution < 1.29 is 9.84 Å². The molecule has 0 bridgehead atoms. The van der Waals surface area contributed by atoms with Gasteiger partial charge in [-0.25, -0.2) is 0 Å². The van der Waals surface area contributed by atoms with Crippen LogP contribution >= 0.6 is 0 Å². The van der Waals surface area contributed by atoms with E-state index in [-0.39, 0.29) is 12.7 Å². The van der Waals surface area contributed by atoms with Crippen LogP contribution in [0.4, 0.5) is 0 Å². The number of aliphatic hydroxyl groups is 1. The Kier molecular flexibility index (Phi) is 10.9. The maximum atomic E-state index is 8.82. The fourth-order valence-electron chi connectivity index (χ4n) is 1.56. The van der Waals surface area contributed by atoms with E-state index in [1.54, 1.807) is 0 Å². The van der Waals surface area contributed by atoms with Crippen molar-refractivity contribution in [1.29, 1.82) is 0 Å². The lowest BCUT2D eigenvalue weighted by Gasteiger charge is -2.15. The topological polar surface area (TPSA) is 29.5 Å². The van der Waals surface area contributed by atoms with Crippen LogP contribution in [0.3, 0.4) is 0 Å². The van der Waals surface area contributed by atoms with Crippen molar-refractivity contribution in [2.75, 3.05) is 13.2 Å². The molecule has 0 aromatic rings. The highest BCUT2D eigenvalue weighted by molar-refractivity contribution is 4.56. The van der Waals surface area contributed by atoms with Crippen molar-refractivity contribution in [2.45, 2.75) is 64.9 Å². The number of hydrogen-bond acceptors (Lipinski definition) is 2. The first-order chi connectivity index (χ1) is 6.85. The number of aliphatic hydroxyl groups excluding tert-OH is 1. The van der Waals surface area contributed by atoms with Gasteiger partial charge >= 0.3 is 0 Å². The van der Waals surface area contributed by atoms with E-state index in [1.165, 1.54) is 25.7 Å². The first-order valence-corrected chi connectivity index (χ1v) is 6.07. The van der Waals surface area contributed by atoms with Gasteiger partial charge in [0, 0.05) is 13.2 Å². The molecule has 0 aromatic heterocycles.